The molecule has 0 saturated carbocycles. The van der Waals surface area contributed by atoms with E-state index in [0.29, 0.717) is 42.1 Å². The number of piperazine rings is 1. The van der Waals surface area contributed by atoms with E-state index in [2.05, 4.69) is 20.9 Å². The molecule has 2 heterocycles. The van der Waals surface area contributed by atoms with Gasteiger partial charge >= 0.3 is 5.97 Å². The number of anilines is 2. The number of carbonyl (C=O) groups excluding carboxylic acids is 1. The maximum atomic E-state index is 12.7. The van der Waals surface area contributed by atoms with Crippen LogP contribution in [0.15, 0.2) is 48.7 Å². The number of hydrogen-bond acceptors (Lipinski definition) is 7. The van der Waals surface area contributed by atoms with Crippen LogP contribution >= 0.6 is 0 Å². The molecule has 4 rings (SSSR count). The normalized spacial score (nSPS) is 13.7. The minimum Gasteiger partial charge on any atom is -0.494 e. The van der Waals surface area contributed by atoms with Gasteiger partial charge in [0.2, 0.25) is 0 Å². The fourth-order valence-corrected chi connectivity index (χ4v) is 4.06. The summed E-state index contributed by atoms with van der Waals surface area (Å²) in [5, 5.41) is 10.3. The molecule has 1 aromatic heterocycles. The third-order valence-corrected chi connectivity index (χ3v) is 5.51. The number of rotatable bonds is 5. The molecule has 158 valence electrons. The predicted octanol–water partition coefficient (Wildman–Crippen LogP) is 3.62. The molecule has 3 aromatic rings. The smallest absolute Gasteiger partial charge is 0.341 e. The summed E-state index contributed by atoms with van der Waals surface area (Å²) in [5.41, 5.74) is 3.59. The van der Waals surface area contributed by atoms with Crippen LogP contribution in [0.4, 0.5) is 11.4 Å². The molecule has 1 aliphatic rings. The first-order valence-electron chi connectivity index (χ1n) is 10.3. The second-order valence-electron chi connectivity index (χ2n) is 7.20. The zero-order valence-corrected chi connectivity index (χ0v) is 17.7. The van der Waals surface area contributed by atoms with E-state index in [4.69, 9.17) is 9.47 Å². The molecule has 1 saturated heterocycles. The zero-order chi connectivity index (χ0) is 21.8. The van der Waals surface area contributed by atoms with Crippen LogP contribution in [0.25, 0.3) is 10.9 Å². The number of benzene rings is 2. The van der Waals surface area contributed by atoms with Crippen molar-refractivity contribution in [2.45, 2.75) is 6.92 Å². The summed E-state index contributed by atoms with van der Waals surface area (Å²) in [5.74, 6) is 0.280. The van der Waals surface area contributed by atoms with Gasteiger partial charge in [0, 0.05) is 37.8 Å². The molecule has 0 bridgehead atoms. The van der Waals surface area contributed by atoms with Crippen LogP contribution in [0, 0.1) is 11.3 Å². The largest absolute Gasteiger partial charge is 0.494 e. The minimum absolute atomic E-state index is 0.299. The van der Waals surface area contributed by atoms with Crippen LogP contribution in [0.1, 0.15) is 22.8 Å². The summed E-state index contributed by atoms with van der Waals surface area (Å²) in [4.78, 5) is 21.6. The van der Waals surface area contributed by atoms with Crippen LogP contribution in [0.3, 0.4) is 0 Å². The van der Waals surface area contributed by atoms with Crippen LogP contribution in [-0.4, -0.2) is 50.8 Å². The fraction of sp³-hybridized carbons (Fsp3) is 0.292. The number of ether oxygens (including phenoxy) is 2. The highest BCUT2D eigenvalue weighted by atomic mass is 16.5. The molecule has 0 aliphatic carbocycles. The van der Waals surface area contributed by atoms with Gasteiger partial charge in [0.25, 0.3) is 0 Å². The number of nitriles is 1. The van der Waals surface area contributed by atoms with E-state index in [1.54, 1.807) is 20.2 Å². The van der Waals surface area contributed by atoms with Crippen molar-refractivity contribution < 1.29 is 14.3 Å². The first kappa shape index (κ1) is 20.5. The maximum Gasteiger partial charge on any atom is 0.341 e. The lowest BCUT2D eigenvalue weighted by molar-refractivity contribution is 0.0526. The summed E-state index contributed by atoms with van der Waals surface area (Å²) in [7, 11) is 1.61. The number of para-hydroxylation sites is 2. The van der Waals surface area contributed by atoms with Crippen molar-refractivity contribution in [3.63, 3.8) is 0 Å². The summed E-state index contributed by atoms with van der Waals surface area (Å²) in [6, 6.07) is 15.6. The van der Waals surface area contributed by atoms with Crippen molar-refractivity contribution in [1.82, 2.24) is 4.98 Å². The lowest BCUT2D eigenvalue weighted by Crippen LogP contribution is -2.47. The molecule has 0 unspecified atom stereocenters. The summed E-state index contributed by atoms with van der Waals surface area (Å²) in [6.07, 6.45) is 1.58. The molecule has 0 spiro atoms. The Bertz CT molecular complexity index is 1150. The third kappa shape index (κ3) is 3.84. The molecule has 0 amide bonds. The first-order chi connectivity index (χ1) is 15.2. The number of pyridine rings is 1. The Morgan fingerprint density at radius 3 is 2.55 bits per heavy atom. The van der Waals surface area contributed by atoms with Crippen molar-refractivity contribution >= 4 is 28.2 Å². The van der Waals surface area contributed by atoms with Gasteiger partial charge < -0.3 is 19.3 Å². The maximum absolute atomic E-state index is 12.7. The number of carbonyl (C=O) groups is 1. The van der Waals surface area contributed by atoms with Crippen molar-refractivity contribution in [3.05, 3.63) is 59.8 Å². The fourth-order valence-electron chi connectivity index (χ4n) is 4.06. The number of hydrogen-bond donors (Lipinski definition) is 0. The van der Waals surface area contributed by atoms with Gasteiger partial charge in [-0.05, 0) is 25.1 Å². The quantitative estimate of drug-likeness (QED) is 0.588. The summed E-state index contributed by atoms with van der Waals surface area (Å²) in [6.45, 7) is 4.95. The summed E-state index contributed by atoms with van der Waals surface area (Å²) >= 11 is 0. The topological polar surface area (TPSA) is 78.7 Å². The Morgan fingerprint density at radius 1 is 1.10 bits per heavy atom. The minimum atomic E-state index is -0.382. The molecule has 7 heteroatoms. The van der Waals surface area contributed by atoms with E-state index in [9.17, 15) is 10.1 Å². The Kier molecular flexibility index (Phi) is 5.89. The molecule has 0 N–H and O–H groups in total. The summed E-state index contributed by atoms with van der Waals surface area (Å²) < 4.78 is 10.8. The van der Waals surface area contributed by atoms with E-state index in [1.165, 1.54) is 0 Å². The van der Waals surface area contributed by atoms with E-state index in [0.717, 1.165) is 29.9 Å². The standard InChI is InChI=1S/C24H24N4O3/c1-3-31-24(29)19-16-26-22-18(8-6-10-21(22)30-2)23(19)28-13-11-27(12-14-28)20-9-5-4-7-17(20)15-25/h4-10,16H,3,11-14H2,1-2H3. The highest BCUT2D eigenvalue weighted by molar-refractivity contribution is 6.06. The second kappa shape index (κ2) is 8.92. The molecule has 31 heavy (non-hydrogen) atoms. The highest BCUT2D eigenvalue weighted by Gasteiger charge is 2.26. The number of esters is 1. The third-order valence-electron chi connectivity index (χ3n) is 5.51. The molecular weight excluding hydrogens is 392 g/mol. The number of methoxy groups -OCH3 is 1. The Morgan fingerprint density at radius 2 is 1.84 bits per heavy atom. The van der Waals surface area contributed by atoms with Gasteiger partial charge in [-0.25, -0.2) is 4.79 Å². The SMILES string of the molecule is CCOC(=O)c1cnc2c(OC)cccc2c1N1CCN(c2ccccc2C#N)CC1. The first-order valence-corrected chi connectivity index (χ1v) is 10.3. The van der Waals surface area contributed by atoms with E-state index in [1.807, 2.05) is 42.5 Å². The average Bonchev–Trinajstić information content (AvgIpc) is 2.83. The van der Waals surface area contributed by atoms with Gasteiger partial charge in [-0.2, -0.15) is 5.26 Å². The van der Waals surface area contributed by atoms with Crippen LogP contribution in [-0.2, 0) is 4.74 Å². The second-order valence-corrected chi connectivity index (χ2v) is 7.20. The van der Waals surface area contributed by atoms with Crippen LogP contribution < -0.4 is 14.5 Å². The highest BCUT2D eigenvalue weighted by Crippen LogP contribution is 2.35. The average molecular weight is 416 g/mol. The van der Waals surface area contributed by atoms with Crippen molar-refractivity contribution in [2.24, 2.45) is 0 Å². The molecular formula is C24H24N4O3. The van der Waals surface area contributed by atoms with Gasteiger partial charge in [-0.3, -0.25) is 4.98 Å². The number of nitrogens with zero attached hydrogens (tertiary/aromatic N) is 4. The van der Waals surface area contributed by atoms with Crippen LogP contribution in [0.5, 0.6) is 5.75 Å². The molecule has 1 aliphatic heterocycles. The van der Waals surface area contributed by atoms with E-state index < -0.39 is 0 Å². The Labute approximate surface area is 181 Å². The molecule has 1 fully saturated rings. The monoisotopic (exact) mass is 416 g/mol. The van der Waals surface area contributed by atoms with Gasteiger partial charge in [0.05, 0.1) is 30.7 Å². The lowest BCUT2D eigenvalue weighted by Gasteiger charge is -2.38. The number of aromatic nitrogens is 1. The van der Waals surface area contributed by atoms with Gasteiger partial charge in [-0.15, -0.1) is 0 Å². The Hall–Kier alpha value is -3.79. The van der Waals surface area contributed by atoms with Crippen molar-refractivity contribution in [1.29, 1.82) is 5.26 Å². The van der Waals surface area contributed by atoms with E-state index >= 15 is 0 Å². The molecule has 0 atom stereocenters. The molecule has 7 nitrogen and oxygen atoms in total. The predicted molar refractivity (Wildman–Crippen MR) is 120 cm³/mol. The van der Waals surface area contributed by atoms with Crippen molar-refractivity contribution in [2.75, 3.05) is 49.7 Å². The van der Waals surface area contributed by atoms with Gasteiger partial charge in [-0.1, -0.05) is 24.3 Å². The van der Waals surface area contributed by atoms with Gasteiger partial charge in [0.1, 0.15) is 22.9 Å². The van der Waals surface area contributed by atoms with Crippen LogP contribution in [0.2, 0.25) is 0 Å². The van der Waals surface area contributed by atoms with Gasteiger partial charge in [0.15, 0.2) is 0 Å². The molecule has 2 aromatic carbocycles. The zero-order valence-electron chi connectivity index (χ0n) is 17.7. The number of fused-ring (bicyclic) bond motifs is 1. The lowest BCUT2D eigenvalue weighted by atomic mass is 10.1. The Balaban J connectivity index is 1.71. The van der Waals surface area contributed by atoms with Crippen molar-refractivity contribution in [3.8, 4) is 11.8 Å². The molecule has 0 radical (unpaired) electrons. The van der Waals surface area contributed by atoms with E-state index in [-0.39, 0.29) is 5.97 Å².